The van der Waals surface area contributed by atoms with Crippen molar-refractivity contribution in [1.29, 1.82) is 0 Å². The summed E-state index contributed by atoms with van der Waals surface area (Å²) < 4.78 is 43.0. The number of benzene rings is 2. The molecule has 0 fully saturated rings. The molecule has 0 amide bonds. The van der Waals surface area contributed by atoms with Gasteiger partial charge in [-0.2, -0.15) is 13.2 Å². The summed E-state index contributed by atoms with van der Waals surface area (Å²) in [6.45, 7) is -0.0962. The third-order valence-corrected chi connectivity index (χ3v) is 4.19. The van der Waals surface area contributed by atoms with E-state index in [4.69, 9.17) is 10.5 Å². The highest BCUT2D eigenvalue weighted by atomic mass is 32.2. The van der Waals surface area contributed by atoms with Gasteiger partial charge in [0.15, 0.2) is 0 Å². The van der Waals surface area contributed by atoms with E-state index in [1.54, 1.807) is 6.07 Å². The Morgan fingerprint density at radius 3 is 2.57 bits per heavy atom. The molecule has 0 bridgehead atoms. The fourth-order valence-corrected chi connectivity index (χ4v) is 2.68. The van der Waals surface area contributed by atoms with Crippen LogP contribution < -0.4 is 10.5 Å². The minimum Gasteiger partial charge on any atom is -0.491 e. The molecule has 124 valence electrons. The zero-order valence-electron chi connectivity index (χ0n) is 12.1. The number of hydrogen-bond acceptors (Lipinski definition) is 4. The van der Waals surface area contributed by atoms with Crippen molar-refractivity contribution in [3.63, 3.8) is 0 Å². The summed E-state index contributed by atoms with van der Waals surface area (Å²) in [5, 5.41) is 9.88. The number of thioether (sulfide) groups is 1. The van der Waals surface area contributed by atoms with Gasteiger partial charge in [-0.1, -0.05) is 18.2 Å². The van der Waals surface area contributed by atoms with Gasteiger partial charge < -0.3 is 15.6 Å². The van der Waals surface area contributed by atoms with E-state index < -0.39 is 17.8 Å². The second kappa shape index (κ2) is 7.61. The Morgan fingerprint density at radius 2 is 1.87 bits per heavy atom. The summed E-state index contributed by atoms with van der Waals surface area (Å²) in [7, 11) is 0. The summed E-state index contributed by atoms with van der Waals surface area (Å²) in [4.78, 5) is 0.839. The Morgan fingerprint density at radius 1 is 1.13 bits per heavy atom. The minimum atomic E-state index is -4.42. The lowest BCUT2D eigenvalue weighted by Gasteiger charge is -2.14. The number of alkyl halides is 3. The highest BCUT2D eigenvalue weighted by molar-refractivity contribution is 7.99. The number of halogens is 3. The van der Waals surface area contributed by atoms with Crippen LogP contribution in [0.4, 0.5) is 18.9 Å². The van der Waals surface area contributed by atoms with Gasteiger partial charge in [0.25, 0.3) is 0 Å². The van der Waals surface area contributed by atoms with Crippen molar-refractivity contribution < 1.29 is 23.0 Å². The van der Waals surface area contributed by atoms with Crippen molar-refractivity contribution in [2.45, 2.75) is 17.2 Å². The molecule has 3 N–H and O–H groups in total. The highest BCUT2D eigenvalue weighted by Gasteiger charge is 2.30. The molecule has 0 aliphatic heterocycles. The molecule has 0 saturated heterocycles. The van der Waals surface area contributed by atoms with Gasteiger partial charge in [0, 0.05) is 16.3 Å². The molecule has 0 aliphatic carbocycles. The van der Waals surface area contributed by atoms with Gasteiger partial charge in [0.1, 0.15) is 12.4 Å². The Bertz CT molecular complexity index is 649. The number of anilines is 1. The summed E-state index contributed by atoms with van der Waals surface area (Å²) in [6.07, 6.45) is -5.24. The van der Waals surface area contributed by atoms with Crippen LogP contribution in [0, 0.1) is 0 Å². The Hall–Kier alpha value is -1.86. The maximum Gasteiger partial charge on any atom is 0.416 e. The maximum absolute atomic E-state index is 12.6. The number of hydrogen-bond donors (Lipinski definition) is 2. The Kier molecular flexibility index (Phi) is 5.79. The van der Waals surface area contributed by atoms with Crippen LogP contribution >= 0.6 is 11.8 Å². The van der Waals surface area contributed by atoms with Crippen molar-refractivity contribution in [2.24, 2.45) is 0 Å². The van der Waals surface area contributed by atoms with Crippen molar-refractivity contribution in [3.8, 4) is 5.75 Å². The molecule has 0 heterocycles. The Labute approximate surface area is 136 Å². The van der Waals surface area contributed by atoms with Gasteiger partial charge in [-0.3, -0.25) is 0 Å². The van der Waals surface area contributed by atoms with E-state index in [1.165, 1.54) is 23.9 Å². The van der Waals surface area contributed by atoms with E-state index in [2.05, 4.69) is 0 Å². The first-order valence-corrected chi connectivity index (χ1v) is 7.80. The minimum absolute atomic E-state index is 0.0723. The number of ether oxygens (including phenoxy) is 1. The average Bonchev–Trinajstić information content (AvgIpc) is 2.51. The third-order valence-electron chi connectivity index (χ3n) is 2.95. The first-order chi connectivity index (χ1) is 10.9. The number of nitrogens with two attached hydrogens (primary N) is 1. The van der Waals surface area contributed by atoms with Crippen LogP contribution in [0.15, 0.2) is 53.4 Å². The molecule has 7 heteroatoms. The predicted molar refractivity (Wildman–Crippen MR) is 84.5 cm³/mol. The number of aliphatic hydroxyl groups excluding tert-OH is 1. The quantitative estimate of drug-likeness (QED) is 0.618. The van der Waals surface area contributed by atoms with Gasteiger partial charge in [-0.25, -0.2) is 0 Å². The van der Waals surface area contributed by atoms with E-state index in [0.29, 0.717) is 11.4 Å². The molecule has 23 heavy (non-hydrogen) atoms. The van der Waals surface area contributed by atoms with Crippen LogP contribution in [0.3, 0.4) is 0 Å². The van der Waals surface area contributed by atoms with Crippen molar-refractivity contribution in [3.05, 3.63) is 54.1 Å². The Balaban J connectivity index is 1.85. The number of para-hydroxylation sites is 1. The van der Waals surface area contributed by atoms with Gasteiger partial charge in [-0.15, -0.1) is 11.8 Å². The van der Waals surface area contributed by atoms with Crippen LogP contribution in [0.25, 0.3) is 0 Å². The number of nitrogen functional groups attached to an aromatic ring is 1. The molecule has 2 aromatic rings. The normalized spacial score (nSPS) is 12.9. The lowest BCUT2D eigenvalue weighted by molar-refractivity contribution is -0.137. The first kappa shape index (κ1) is 17.5. The predicted octanol–water partition coefficient (Wildman–Crippen LogP) is 3.82. The van der Waals surface area contributed by atoms with E-state index in [1.807, 2.05) is 18.2 Å². The summed E-state index contributed by atoms with van der Waals surface area (Å²) in [5.74, 6) is 0.399. The first-order valence-electron chi connectivity index (χ1n) is 6.81. The monoisotopic (exact) mass is 343 g/mol. The second-order valence-corrected chi connectivity index (χ2v) is 5.90. The lowest BCUT2D eigenvalue weighted by atomic mass is 10.2. The van der Waals surface area contributed by atoms with Crippen LogP contribution in [0.2, 0.25) is 0 Å². The molecule has 1 unspecified atom stereocenters. The van der Waals surface area contributed by atoms with Crippen LogP contribution in [-0.2, 0) is 6.18 Å². The van der Waals surface area contributed by atoms with E-state index in [9.17, 15) is 18.3 Å². The topological polar surface area (TPSA) is 55.5 Å². The molecular weight excluding hydrogens is 327 g/mol. The summed E-state index contributed by atoms with van der Waals surface area (Å²) >= 11 is 1.36. The summed E-state index contributed by atoms with van der Waals surface area (Å²) in [6, 6.07) is 11.8. The molecule has 1 atom stereocenters. The second-order valence-electron chi connectivity index (χ2n) is 4.84. The van der Waals surface area contributed by atoms with Crippen LogP contribution in [0.5, 0.6) is 5.75 Å². The van der Waals surface area contributed by atoms with Gasteiger partial charge in [0.2, 0.25) is 0 Å². The van der Waals surface area contributed by atoms with Gasteiger partial charge in [0.05, 0.1) is 11.7 Å². The van der Waals surface area contributed by atoms with E-state index in [0.717, 1.165) is 17.0 Å². The van der Waals surface area contributed by atoms with Gasteiger partial charge >= 0.3 is 6.18 Å². The number of rotatable bonds is 6. The van der Waals surface area contributed by atoms with Crippen LogP contribution in [0.1, 0.15) is 5.56 Å². The fraction of sp³-hybridized carbons (Fsp3) is 0.250. The molecule has 2 rings (SSSR count). The molecule has 0 saturated carbocycles. The van der Waals surface area contributed by atoms with Crippen molar-refractivity contribution in [1.82, 2.24) is 0 Å². The molecular formula is C16H16F3NO2S. The van der Waals surface area contributed by atoms with Crippen molar-refractivity contribution in [2.75, 3.05) is 18.1 Å². The smallest absolute Gasteiger partial charge is 0.416 e. The molecule has 2 aromatic carbocycles. The largest absolute Gasteiger partial charge is 0.491 e. The third kappa shape index (κ3) is 5.37. The summed E-state index contributed by atoms with van der Waals surface area (Å²) in [5.41, 5.74) is 5.62. The number of aliphatic hydroxyl groups is 1. The van der Waals surface area contributed by atoms with E-state index >= 15 is 0 Å². The highest BCUT2D eigenvalue weighted by Crippen LogP contribution is 2.31. The zero-order valence-corrected chi connectivity index (χ0v) is 12.9. The molecule has 0 aliphatic rings. The standard InChI is InChI=1S/C16H16F3NO2S/c17-16(18,19)11-4-3-5-13(8-11)22-9-12(21)10-23-15-7-2-1-6-14(15)20/h1-8,12,21H,9-10,20H2. The van der Waals surface area contributed by atoms with Crippen LogP contribution in [-0.4, -0.2) is 23.6 Å². The average molecular weight is 343 g/mol. The molecule has 0 radical (unpaired) electrons. The molecule has 0 aromatic heterocycles. The lowest BCUT2D eigenvalue weighted by Crippen LogP contribution is -2.20. The fourth-order valence-electron chi connectivity index (χ4n) is 1.80. The molecule has 3 nitrogen and oxygen atoms in total. The zero-order chi connectivity index (χ0) is 16.9. The SMILES string of the molecule is Nc1ccccc1SCC(O)COc1cccc(C(F)(F)F)c1. The maximum atomic E-state index is 12.6. The van der Waals surface area contributed by atoms with Gasteiger partial charge in [-0.05, 0) is 30.3 Å². The molecule has 0 spiro atoms. The van der Waals surface area contributed by atoms with Crippen molar-refractivity contribution >= 4 is 17.4 Å². The van der Waals surface area contributed by atoms with E-state index in [-0.39, 0.29) is 12.4 Å².